The molecule has 1 aliphatic heterocycles. The fourth-order valence-corrected chi connectivity index (χ4v) is 2.28. The number of carboxylic acids is 1. The highest BCUT2D eigenvalue weighted by Crippen LogP contribution is 2.21. The van der Waals surface area contributed by atoms with E-state index in [9.17, 15) is 9.90 Å². The number of carboxylic acid groups (broad SMARTS) is 1. The van der Waals surface area contributed by atoms with Gasteiger partial charge in [-0.3, -0.25) is 4.79 Å². The van der Waals surface area contributed by atoms with Crippen molar-refractivity contribution in [3.63, 3.8) is 0 Å². The van der Waals surface area contributed by atoms with Gasteiger partial charge in [-0.15, -0.1) is 0 Å². The Labute approximate surface area is 107 Å². The number of rotatable bonds is 4. The number of aliphatic hydroxyl groups is 1. The van der Waals surface area contributed by atoms with Gasteiger partial charge in [-0.25, -0.2) is 0 Å². The van der Waals surface area contributed by atoms with Gasteiger partial charge in [-0.05, 0) is 37.0 Å². The average Bonchev–Trinajstić information content (AvgIpc) is 2.37. The number of carbonyl (C=O) groups is 1. The lowest BCUT2D eigenvalue weighted by atomic mass is 10.0. The molecule has 4 nitrogen and oxygen atoms in total. The third kappa shape index (κ3) is 3.47. The van der Waals surface area contributed by atoms with Gasteiger partial charge in [0, 0.05) is 25.2 Å². The van der Waals surface area contributed by atoms with Gasteiger partial charge in [-0.2, -0.15) is 0 Å². The van der Waals surface area contributed by atoms with Gasteiger partial charge in [0.05, 0.1) is 6.10 Å². The zero-order valence-electron chi connectivity index (χ0n) is 10.4. The highest BCUT2D eigenvalue weighted by Gasteiger charge is 2.17. The van der Waals surface area contributed by atoms with E-state index in [0.29, 0.717) is 6.42 Å². The summed E-state index contributed by atoms with van der Waals surface area (Å²) >= 11 is 0. The maximum absolute atomic E-state index is 10.6. The van der Waals surface area contributed by atoms with Crippen LogP contribution in [0.2, 0.25) is 0 Å². The molecule has 4 heteroatoms. The molecule has 2 N–H and O–H groups in total. The van der Waals surface area contributed by atoms with Crippen molar-refractivity contribution in [3.05, 3.63) is 29.8 Å². The molecule has 98 valence electrons. The minimum absolute atomic E-state index is 0.169. The summed E-state index contributed by atoms with van der Waals surface area (Å²) in [5.41, 5.74) is 2.19. The molecule has 0 aliphatic carbocycles. The zero-order chi connectivity index (χ0) is 13.0. The first-order valence-corrected chi connectivity index (χ1v) is 6.39. The van der Waals surface area contributed by atoms with Crippen molar-refractivity contribution in [2.75, 3.05) is 18.0 Å². The van der Waals surface area contributed by atoms with Crippen LogP contribution in [0.5, 0.6) is 0 Å². The lowest BCUT2D eigenvalue weighted by molar-refractivity contribution is -0.136. The Morgan fingerprint density at radius 1 is 1.33 bits per heavy atom. The molecule has 1 saturated heterocycles. The summed E-state index contributed by atoms with van der Waals surface area (Å²) in [5.74, 6) is -0.763. The topological polar surface area (TPSA) is 60.8 Å². The number of nitrogens with zero attached hydrogens (tertiary/aromatic N) is 1. The Balaban J connectivity index is 2.00. The van der Waals surface area contributed by atoms with Crippen molar-refractivity contribution < 1.29 is 15.0 Å². The molecule has 18 heavy (non-hydrogen) atoms. The Kier molecular flexibility index (Phi) is 4.20. The van der Waals surface area contributed by atoms with E-state index in [1.807, 2.05) is 18.2 Å². The van der Waals surface area contributed by atoms with E-state index in [0.717, 1.165) is 37.2 Å². The van der Waals surface area contributed by atoms with Gasteiger partial charge in [0.15, 0.2) is 0 Å². The van der Waals surface area contributed by atoms with Crippen LogP contribution in [-0.4, -0.2) is 35.4 Å². The average molecular weight is 249 g/mol. The van der Waals surface area contributed by atoms with Crippen LogP contribution < -0.4 is 4.90 Å². The lowest BCUT2D eigenvalue weighted by Crippen LogP contribution is -2.35. The molecular weight excluding hydrogens is 230 g/mol. The summed E-state index contributed by atoms with van der Waals surface area (Å²) in [7, 11) is 0. The minimum atomic E-state index is -0.763. The molecule has 0 atom stereocenters. The van der Waals surface area contributed by atoms with Crippen LogP contribution in [0.15, 0.2) is 24.3 Å². The Hall–Kier alpha value is -1.55. The van der Waals surface area contributed by atoms with Crippen LogP contribution in [-0.2, 0) is 11.2 Å². The first-order valence-electron chi connectivity index (χ1n) is 6.39. The number of hydrogen-bond donors (Lipinski definition) is 2. The maximum Gasteiger partial charge on any atom is 0.303 e. The van der Waals surface area contributed by atoms with E-state index in [-0.39, 0.29) is 12.5 Å². The van der Waals surface area contributed by atoms with Gasteiger partial charge in [0.1, 0.15) is 0 Å². The van der Waals surface area contributed by atoms with Gasteiger partial charge in [0.25, 0.3) is 0 Å². The van der Waals surface area contributed by atoms with Crippen LogP contribution >= 0.6 is 0 Å². The van der Waals surface area contributed by atoms with Gasteiger partial charge in [-0.1, -0.05) is 12.1 Å². The molecule has 1 aliphatic rings. The lowest BCUT2D eigenvalue weighted by Gasteiger charge is -2.31. The van der Waals surface area contributed by atoms with E-state index in [1.54, 1.807) is 0 Å². The first-order chi connectivity index (χ1) is 8.65. The minimum Gasteiger partial charge on any atom is -0.481 e. The van der Waals surface area contributed by atoms with Crippen LogP contribution in [0.25, 0.3) is 0 Å². The van der Waals surface area contributed by atoms with Crippen LogP contribution in [0.4, 0.5) is 5.69 Å². The second-order valence-electron chi connectivity index (χ2n) is 4.78. The fraction of sp³-hybridized carbons (Fsp3) is 0.500. The van der Waals surface area contributed by atoms with Crippen LogP contribution in [0, 0.1) is 0 Å². The molecule has 1 aromatic carbocycles. The number of aliphatic hydroxyl groups excluding tert-OH is 1. The van der Waals surface area contributed by atoms with Crippen LogP contribution in [0.1, 0.15) is 24.8 Å². The molecule has 1 heterocycles. The summed E-state index contributed by atoms with van der Waals surface area (Å²) in [6.07, 6.45) is 2.18. The number of piperidine rings is 1. The fourth-order valence-electron chi connectivity index (χ4n) is 2.28. The highest BCUT2D eigenvalue weighted by atomic mass is 16.4. The zero-order valence-corrected chi connectivity index (χ0v) is 10.4. The molecule has 0 amide bonds. The largest absolute Gasteiger partial charge is 0.481 e. The van der Waals surface area contributed by atoms with Crippen molar-refractivity contribution in [1.82, 2.24) is 0 Å². The maximum atomic E-state index is 10.6. The number of aryl methyl sites for hydroxylation is 1. The molecule has 0 bridgehead atoms. The summed E-state index contributed by atoms with van der Waals surface area (Å²) in [6, 6.07) is 8.03. The van der Waals surface area contributed by atoms with Gasteiger partial charge < -0.3 is 15.1 Å². The molecule has 0 radical (unpaired) electrons. The molecule has 0 saturated carbocycles. The molecular formula is C14H19NO3. The molecule has 0 unspecified atom stereocenters. The summed E-state index contributed by atoms with van der Waals surface area (Å²) in [4.78, 5) is 12.8. The molecule has 1 fully saturated rings. The summed E-state index contributed by atoms with van der Waals surface area (Å²) in [6.45, 7) is 1.73. The smallest absolute Gasteiger partial charge is 0.303 e. The Morgan fingerprint density at radius 2 is 2.06 bits per heavy atom. The number of anilines is 1. The van der Waals surface area contributed by atoms with E-state index < -0.39 is 5.97 Å². The summed E-state index contributed by atoms with van der Waals surface area (Å²) < 4.78 is 0. The van der Waals surface area contributed by atoms with Crippen LogP contribution in [0.3, 0.4) is 0 Å². The number of aliphatic carboxylic acids is 1. The SMILES string of the molecule is O=C(O)CCc1cccc(N2CCC(O)CC2)c1. The predicted octanol–water partition coefficient (Wildman–Crippen LogP) is 1.66. The number of benzene rings is 1. The molecule has 1 aromatic rings. The molecule has 0 spiro atoms. The Morgan fingerprint density at radius 3 is 2.72 bits per heavy atom. The third-order valence-corrected chi connectivity index (χ3v) is 3.37. The van der Waals surface area contributed by atoms with Gasteiger partial charge >= 0.3 is 5.97 Å². The van der Waals surface area contributed by atoms with Crippen molar-refractivity contribution >= 4 is 11.7 Å². The third-order valence-electron chi connectivity index (χ3n) is 3.37. The first kappa shape index (κ1) is 12.9. The van der Waals surface area contributed by atoms with Crippen molar-refractivity contribution in [2.24, 2.45) is 0 Å². The van der Waals surface area contributed by atoms with Crippen molar-refractivity contribution in [3.8, 4) is 0 Å². The van der Waals surface area contributed by atoms with E-state index in [1.165, 1.54) is 0 Å². The quantitative estimate of drug-likeness (QED) is 0.852. The standard InChI is InChI=1S/C14H19NO3/c16-13-6-8-15(9-7-13)12-3-1-2-11(10-12)4-5-14(17)18/h1-3,10,13,16H,4-9H2,(H,17,18). The Bertz CT molecular complexity index is 411. The monoisotopic (exact) mass is 249 g/mol. The second-order valence-corrected chi connectivity index (χ2v) is 4.78. The van der Waals surface area contributed by atoms with E-state index in [2.05, 4.69) is 11.0 Å². The van der Waals surface area contributed by atoms with Crippen molar-refractivity contribution in [2.45, 2.75) is 31.8 Å². The highest BCUT2D eigenvalue weighted by molar-refractivity contribution is 5.67. The van der Waals surface area contributed by atoms with E-state index >= 15 is 0 Å². The molecule has 2 rings (SSSR count). The predicted molar refractivity (Wildman–Crippen MR) is 69.9 cm³/mol. The van der Waals surface area contributed by atoms with Gasteiger partial charge in [0.2, 0.25) is 0 Å². The molecule has 0 aromatic heterocycles. The number of hydrogen-bond acceptors (Lipinski definition) is 3. The summed E-state index contributed by atoms with van der Waals surface area (Å²) in [5, 5.41) is 18.2. The second kappa shape index (κ2) is 5.87. The normalized spacial score (nSPS) is 16.8. The van der Waals surface area contributed by atoms with E-state index in [4.69, 9.17) is 5.11 Å². The van der Waals surface area contributed by atoms with Crippen molar-refractivity contribution in [1.29, 1.82) is 0 Å².